The van der Waals surface area contributed by atoms with E-state index in [0.29, 0.717) is 30.0 Å². The molecule has 0 spiro atoms. The smallest absolute Gasteiger partial charge is 0.331 e. The molecule has 2 heterocycles. The number of hydrogen-bond donors (Lipinski definition) is 3. The number of carbonyl (C=O) groups is 3. The average molecular weight is 577 g/mol. The summed E-state index contributed by atoms with van der Waals surface area (Å²) in [7, 11) is 2.04. The predicted octanol–water partition coefficient (Wildman–Crippen LogP) is 6.68. The first-order valence-electron chi connectivity index (χ1n) is 14.9. The molecular weight excluding hydrogens is 540 g/mol. The van der Waals surface area contributed by atoms with Gasteiger partial charge in [-0.05, 0) is 98.5 Å². The van der Waals surface area contributed by atoms with Crippen LogP contribution in [0.5, 0.6) is 0 Å². The minimum absolute atomic E-state index is 0.226. The Morgan fingerprint density at radius 2 is 1.74 bits per heavy atom. The lowest BCUT2D eigenvalue weighted by Crippen LogP contribution is -2.61. The van der Waals surface area contributed by atoms with Crippen molar-refractivity contribution in [1.29, 1.82) is 0 Å². The number of carbonyl (C=O) groups excluding carboxylic acids is 2. The van der Waals surface area contributed by atoms with Gasteiger partial charge in [-0.1, -0.05) is 37.1 Å². The second-order valence-corrected chi connectivity index (χ2v) is 11.8. The van der Waals surface area contributed by atoms with Crippen LogP contribution in [-0.2, 0) is 16.6 Å². The molecule has 2 aliphatic carbocycles. The van der Waals surface area contributed by atoms with E-state index < -0.39 is 11.5 Å². The van der Waals surface area contributed by atoms with Crippen molar-refractivity contribution in [2.75, 3.05) is 5.32 Å². The van der Waals surface area contributed by atoms with Gasteiger partial charge in [0.2, 0.25) is 5.91 Å². The van der Waals surface area contributed by atoms with Crippen LogP contribution in [0.3, 0.4) is 0 Å². The van der Waals surface area contributed by atoms with E-state index in [4.69, 9.17) is 5.11 Å². The molecule has 220 valence electrons. The highest BCUT2D eigenvalue weighted by Gasteiger charge is 2.45. The van der Waals surface area contributed by atoms with Crippen molar-refractivity contribution in [3.63, 3.8) is 0 Å². The number of aromatic nitrogens is 2. The minimum atomic E-state index is -0.979. The summed E-state index contributed by atoms with van der Waals surface area (Å²) in [5.74, 6) is -1.04. The molecule has 2 fully saturated rings. The Morgan fingerprint density at radius 1 is 1.00 bits per heavy atom. The number of fused-ring (bicyclic) bond motifs is 1. The summed E-state index contributed by atoms with van der Waals surface area (Å²) in [6.45, 7) is 1.53. The quantitative estimate of drug-likeness (QED) is 0.203. The molecule has 2 saturated carbocycles. The summed E-state index contributed by atoms with van der Waals surface area (Å²) in [6, 6.07) is 18.8. The minimum Gasteiger partial charge on any atom is -0.478 e. The molecule has 0 unspecified atom stereocenters. The third-order valence-corrected chi connectivity index (χ3v) is 9.06. The number of nitrogens with one attached hydrogen (secondary N) is 2. The average Bonchev–Trinajstić information content (AvgIpc) is 3.62. The molecule has 4 aromatic rings. The van der Waals surface area contributed by atoms with Crippen molar-refractivity contribution >= 4 is 40.4 Å². The number of anilines is 1. The first-order valence-corrected chi connectivity index (χ1v) is 14.9. The highest BCUT2D eigenvalue weighted by Crippen LogP contribution is 2.44. The zero-order valence-corrected chi connectivity index (χ0v) is 24.5. The molecule has 2 aromatic heterocycles. The van der Waals surface area contributed by atoms with Gasteiger partial charge in [0.05, 0.1) is 11.4 Å². The van der Waals surface area contributed by atoms with Gasteiger partial charge in [-0.25, -0.2) is 4.79 Å². The van der Waals surface area contributed by atoms with Crippen molar-refractivity contribution in [2.24, 2.45) is 7.05 Å². The number of aliphatic carboxylic acids is 1. The Morgan fingerprint density at radius 3 is 2.37 bits per heavy atom. The van der Waals surface area contributed by atoms with Crippen molar-refractivity contribution < 1.29 is 19.5 Å². The van der Waals surface area contributed by atoms with Crippen molar-refractivity contribution in [2.45, 2.75) is 63.3 Å². The van der Waals surface area contributed by atoms with Gasteiger partial charge >= 0.3 is 5.97 Å². The zero-order chi connectivity index (χ0) is 30.1. The zero-order valence-electron chi connectivity index (χ0n) is 24.5. The molecule has 0 radical (unpaired) electrons. The maximum Gasteiger partial charge on any atom is 0.331 e. The van der Waals surface area contributed by atoms with Gasteiger partial charge in [-0.15, -0.1) is 0 Å². The van der Waals surface area contributed by atoms with Crippen LogP contribution in [-0.4, -0.2) is 38.0 Å². The van der Waals surface area contributed by atoms with Gasteiger partial charge < -0.3 is 20.3 Å². The largest absolute Gasteiger partial charge is 0.478 e. The third-order valence-electron chi connectivity index (χ3n) is 9.06. The maximum atomic E-state index is 13.6. The van der Waals surface area contributed by atoms with E-state index in [1.807, 2.05) is 43.6 Å². The molecule has 0 atom stereocenters. The fraction of sp³-hybridized carbons (Fsp3) is 0.314. The normalized spacial score (nSPS) is 16.6. The summed E-state index contributed by atoms with van der Waals surface area (Å²) in [4.78, 5) is 42.8. The molecule has 0 bridgehead atoms. The number of nitrogens with zero attached hydrogens (tertiary/aromatic N) is 2. The number of rotatable bonds is 8. The lowest BCUT2D eigenvalue weighted by Gasteiger charge is -2.40. The molecule has 2 aliphatic rings. The van der Waals surface area contributed by atoms with Gasteiger partial charge in [0.25, 0.3) is 5.91 Å². The SMILES string of the molecule is C/C(=C\c1ccc(NC(=O)C2(NC(=O)c3ccc4c(C5CCCC5)c(-c5ccccn5)n(C)c4c3)CCC2)cc1)C(=O)O. The summed E-state index contributed by atoms with van der Waals surface area (Å²) < 4.78 is 2.16. The second kappa shape index (κ2) is 11.5. The van der Waals surface area contributed by atoms with Gasteiger partial charge in [0.1, 0.15) is 5.54 Å². The van der Waals surface area contributed by atoms with Crippen LogP contribution in [0.15, 0.2) is 72.4 Å². The summed E-state index contributed by atoms with van der Waals surface area (Å²) in [6.07, 6.45) is 10.1. The van der Waals surface area contributed by atoms with E-state index in [0.717, 1.165) is 47.1 Å². The monoisotopic (exact) mass is 576 g/mol. The van der Waals surface area contributed by atoms with E-state index in [2.05, 4.69) is 26.3 Å². The van der Waals surface area contributed by atoms with Gasteiger partial charge in [0.15, 0.2) is 0 Å². The first-order chi connectivity index (χ1) is 20.8. The summed E-state index contributed by atoms with van der Waals surface area (Å²) in [5, 5.41) is 16.3. The predicted molar refractivity (Wildman–Crippen MR) is 168 cm³/mol. The molecule has 43 heavy (non-hydrogen) atoms. The van der Waals surface area contributed by atoms with Crippen molar-refractivity contribution in [3.8, 4) is 11.4 Å². The van der Waals surface area contributed by atoms with Crippen LogP contribution < -0.4 is 10.6 Å². The standard InChI is InChI=1S/C35H36N4O4/c1-22(33(41)42)20-23-11-14-26(15-12-23)37-34(43)35(17-7-18-35)38-32(40)25-13-16-27-29(21-25)39(2)31(28-10-5-6-19-36-28)30(27)24-8-3-4-9-24/h5-6,10-16,19-21,24H,3-4,7-9,17-18H2,1-2H3,(H,37,43)(H,38,40)(H,41,42)/b22-20+. The van der Waals surface area contributed by atoms with Crippen LogP contribution in [0.4, 0.5) is 5.69 Å². The van der Waals surface area contributed by atoms with Crippen LogP contribution in [0.2, 0.25) is 0 Å². The number of amides is 2. The fourth-order valence-electron chi connectivity index (χ4n) is 6.50. The molecule has 8 nitrogen and oxygen atoms in total. The Kier molecular flexibility index (Phi) is 7.61. The van der Waals surface area contributed by atoms with E-state index in [9.17, 15) is 14.4 Å². The number of pyridine rings is 1. The molecule has 3 N–H and O–H groups in total. The molecule has 8 heteroatoms. The van der Waals surface area contributed by atoms with E-state index in [1.54, 1.807) is 30.3 Å². The first kappa shape index (κ1) is 28.4. The summed E-state index contributed by atoms with van der Waals surface area (Å²) in [5.41, 5.74) is 5.41. The molecule has 0 aliphatic heterocycles. The Labute approximate surface area is 250 Å². The fourth-order valence-corrected chi connectivity index (χ4v) is 6.50. The maximum absolute atomic E-state index is 13.6. The number of aryl methyl sites for hydroxylation is 1. The highest BCUT2D eigenvalue weighted by molar-refractivity contribution is 6.06. The Bertz CT molecular complexity index is 1730. The second-order valence-electron chi connectivity index (χ2n) is 11.8. The van der Waals surface area contributed by atoms with Gasteiger partial charge in [-0.3, -0.25) is 14.6 Å². The lowest BCUT2D eigenvalue weighted by molar-refractivity contribution is -0.132. The van der Waals surface area contributed by atoms with E-state index >= 15 is 0 Å². The summed E-state index contributed by atoms with van der Waals surface area (Å²) >= 11 is 0. The van der Waals surface area contributed by atoms with Crippen LogP contribution in [0, 0.1) is 0 Å². The molecule has 2 amide bonds. The van der Waals surface area contributed by atoms with Crippen molar-refractivity contribution in [3.05, 3.63) is 89.1 Å². The highest BCUT2D eigenvalue weighted by atomic mass is 16.4. The number of carboxylic acids is 1. The topological polar surface area (TPSA) is 113 Å². The molecule has 2 aromatic carbocycles. The number of carboxylic acid groups (broad SMARTS) is 1. The van der Waals surface area contributed by atoms with E-state index in [1.165, 1.54) is 25.3 Å². The molecular formula is C35H36N4O4. The number of hydrogen-bond acceptors (Lipinski definition) is 4. The Hall–Kier alpha value is -4.72. The number of benzene rings is 2. The van der Waals surface area contributed by atoms with E-state index in [-0.39, 0.29) is 17.4 Å². The lowest BCUT2D eigenvalue weighted by atomic mass is 9.75. The molecule has 6 rings (SSSR count). The van der Waals surface area contributed by atoms with Gasteiger partial charge in [0, 0.05) is 41.0 Å². The third kappa shape index (κ3) is 5.45. The van der Waals surface area contributed by atoms with Gasteiger partial charge in [-0.2, -0.15) is 0 Å². The van der Waals surface area contributed by atoms with Crippen LogP contribution >= 0.6 is 0 Å². The van der Waals surface area contributed by atoms with Crippen LogP contribution in [0.1, 0.15) is 79.3 Å². The Balaban J connectivity index is 1.24. The van der Waals surface area contributed by atoms with Crippen molar-refractivity contribution in [1.82, 2.24) is 14.9 Å². The molecule has 0 saturated heterocycles. The van der Waals surface area contributed by atoms with Crippen LogP contribution in [0.25, 0.3) is 28.4 Å².